The van der Waals surface area contributed by atoms with Crippen LogP contribution in [0, 0.1) is 0 Å². The maximum absolute atomic E-state index is 12.6. The van der Waals surface area contributed by atoms with E-state index in [0.717, 1.165) is 31.6 Å². The van der Waals surface area contributed by atoms with Crippen molar-refractivity contribution in [2.24, 2.45) is 0 Å². The zero-order chi connectivity index (χ0) is 20.6. The van der Waals surface area contributed by atoms with Crippen molar-refractivity contribution in [2.75, 3.05) is 39.2 Å². The van der Waals surface area contributed by atoms with E-state index >= 15 is 0 Å². The van der Waals surface area contributed by atoms with Crippen molar-refractivity contribution in [3.8, 4) is 11.5 Å². The molecule has 9 heteroatoms. The Balaban J connectivity index is 1.74. The quantitative estimate of drug-likeness (QED) is 0.684. The molecule has 1 fully saturated rings. The molecule has 1 saturated heterocycles. The standard InChI is InChI=1S/C20H26N4O4S/c1-27-17-9-14(20(26)21-10-15-12-29-13-22-15)8-16(19(17)28-2)23-18(25)11-24-6-4-3-5-7-24/h8-9,12-13H,3-7,10-11H2,1-2H3,(H,21,26)(H,23,25). The molecule has 2 heterocycles. The molecule has 29 heavy (non-hydrogen) atoms. The summed E-state index contributed by atoms with van der Waals surface area (Å²) in [5.74, 6) is 0.329. The average molecular weight is 419 g/mol. The van der Waals surface area contributed by atoms with E-state index in [2.05, 4.69) is 20.5 Å². The summed E-state index contributed by atoms with van der Waals surface area (Å²) in [6.07, 6.45) is 3.43. The maximum atomic E-state index is 12.6. The molecule has 2 N–H and O–H groups in total. The van der Waals surface area contributed by atoms with E-state index < -0.39 is 0 Å². The van der Waals surface area contributed by atoms with E-state index in [0.29, 0.717) is 35.8 Å². The minimum absolute atomic E-state index is 0.146. The summed E-state index contributed by atoms with van der Waals surface area (Å²) < 4.78 is 10.8. The summed E-state index contributed by atoms with van der Waals surface area (Å²) in [7, 11) is 2.99. The van der Waals surface area contributed by atoms with Crippen molar-refractivity contribution in [3.05, 3.63) is 34.3 Å². The van der Waals surface area contributed by atoms with Gasteiger partial charge in [-0.15, -0.1) is 11.3 Å². The van der Waals surface area contributed by atoms with Gasteiger partial charge in [-0.3, -0.25) is 14.5 Å². The van der Waals surface area contributed by atoms with E-state index in [1.165, 1.54) is 32.0 Å². The number of ether oxygens (including phenoxy) is 2. The van der Waals surface area contributed by atoms with Gasteiger partial charge in [-0.1, -0.05) is 6.42 Å². The molecule has 1 aliphatic heterocycles. The third-order valence-corrected chi connectivity index (χ3v) is 5.38. The Labute approximate surface area is 174 Å². The number of anilines is 1. The Bertz CT molecular complexity index is 835. The topological polar surface area (TPSA) is 92.8 Å². The molecule has 0 radical (unpaired) electrons. The minimum atomic E-state index is -0.287. The number of hydrogen-bond donors (Lipinski definition) is 2. The third-order valence-electron chi connectivity index (χ3n) is 4.74. The molecule has 1 aliphatic rings. The first-order valence-electron chi connectivity index (χ1n) is 9.54. The number of hydrogen-bond acceptors (Lipinski definition) is 7. The predicted molar refractivity (Wildman–Crippen MR) is 112 cm³/mol. The third kappa shape index (κ3) is 5.68. The van der Waals surface area contributed by atoms with Crippen LogP contribution in [0.5, 0.6) is 11.5 Å². The van der Waals surface area contributed by atoms with Crippen molar-refractivity contribution in [2.45, 2.75) is 25.8 Å². The lowest BCUT2D eigenvalue weighted by Crippen LogP contribution is -2.36. The van der Waals surface area contributed by atoms with Gasteiger partial charge < -0.3 is 20.1 Å². The van der Waals surface area contributed by atoms with E-state index in [1.54, 1.807) is 17.6 Å². The van der Waals surface area contributed by atoms with Crippen LogP contribution in [0.25, 0.3) is 0 Å². The lowest BCUT2D eigenvalue weighted by Gasteiger charge is -2.25. The molecule has 1 aromatic heterocycles. The first-order valence-corrected chi connectivity index (χ1v) is 10.5. The van der Waals surface area contributed by atoms with Crippen LogP contribution in [0.3, 0.4) is 0 Å². The number of aromatic nitrogens is 1. The van der Waals surface area contributed by atoms with Crippen LogP contribution in [0.4, 0.5) is 5.69 Å². The van der Waals surface area contributed by atoms with Crippen molar-refractivity contribution in [1.82, 2.24) is 15.2 Å². The van der Waals surface area contributed by atoms with Gasteiger partial charge in [-0.2, -0.15) is 0 Å². The molecular formula is C20H26N4O4S. The Morgan fingerprint density at radius 2 is 1.97 bits per heavy atom. The molecule has 0 unspecified atom stereocenters. The van der Waals surface area contributed by atoms with Gasteiger partial charge in [0.1, 0.15) is 0 Å². The van der Waals surface area contributed by atoms with Crippen molar-refractivity contribution >= 4 is 28.8 Å². The number of methoxy groups -OCH3 is 2. The van der Waals surface area contributed by atoms with Crippen LogP contribution in [0.2, 0.25) is 0 Å². The van der Waals surface area contributed by atoms with E-state index in [-0.39, 0.29) is 11.8 Å². The Kier molecular flexibility index (Phi) is 7.42. The molecular weight excluding hydrogens is 392 g/mol. The van der Waals surface area contributed by atoms with E-state index in [4.69, 9.17) is 9.47 Å². The zero-order valence-corrected chi connectivity index (χ0v) is 17.5. The first kappa shape index (κ1) is 21.1. The lowest BCUT2D eigenvalue weighted by molar-refractivity contribution is -0.117. The minimum Gasteiger partial charge on any atom is -0.493 e. The van der Waals surface area contributed by atoms with Gasteiger partial charge in [0, 0.05) is 10.9 Å². The summed E-state index contributed by atoms with van der Waals surface area (Å²) in [6.45, 7) is 2.49. The molecule has 2 amide bonds. The van der Waals surface area contributed by atoms with Gasteiger partial charge in [0.25, 0.3) is 5.91 Å². The van der Waals surface area contributed by atoms with Crippen molar-refractivity contribution in [3.63, 3.8) is 0 Å². The van der Waals surface area contributed by atoms with Crippen LogP contribution in [-0.4, -0.2) is 55.6 Å². The summed E-state index contributed by atoms with van der Waals surface area (Å²) in [5, 5.41) is 7.57. The summed E-state index contributed by atoms with van der Waals surface area (Å²) in [6, 6.07) is 3.20. The number of rotatable bonds is 8. The number of likely N-dealkylation sites (tertiary alicyclic amines) is 1. The number of thiazole rings is 1. The highest BCUT2D eigenvalue weighted by molar-refractivity contribution is 7.07. The number of benzene rings is 1. The molecule has 156 valence electrons. The normalized spacial score (nSPS) is 14.3. The van der Waals surface area contributed by atoms with Gasteiger partial charge in [0.05, 0.1) is 44.2 Å². The van der Waals surface area contributed by atoms with Gasteiger partial charge in [-0.25, -0.2) is 4.98 Å². The molecule has 1 aromatic carbocycles. The molecule has 0 atom stereocenters. The second-order valence-corrected chi connectivity index (χ2v) is 7.53. The Hall–Kier alpha value is -2.65. The average Bonchev–Trinajstić information content (AvgIpc) is 3.25. The Morgan fingerprint density at radius 3 is 2.62 bits per heavy atom. The summed E-state index contributed by atoms with van der Waals surface area (Å²) in [5.41, 5.74) is 3.28. The summed E-state index contributed by atoms with van der Waals surface area (Å²) >= 11 is 1.47. The SMILES string of the molecule is COc1cc(C(=O)NCc2cscn2)cc(NC(=O)CN2CCCCC2)c1OC. The fourth-order valence-corrected chi connectivity index (χ4v) is 3.85. The van der Waals surface area contributed by atoms with Crippen LogP contribution < -0.4 is 20.1 Å². The van der Waals surface area contributed by atoms with Crippen LogP contribution >= 0.6 is 11.3 Å². The second-order valence-electron chi connectivity index (χ2n) is 6.81. The van der Waals surface area contributed by atoms with Crippen LogP contribution in [0.15, 0.2) is 23.0 Å². The highest BCUT2D eigenvalue weighted by atomic mass is 32.1. The van der Waals surface area contributed by atoms with Gasteiger partial charge >= 0.3 is 0 Å². The van der Waals surface area contributed by atoms with Crippen LogP contribution in [-0.2, 0) is 11.3 Å². The number of carbonyl (C=O) groups is 2. The molecule has 0 saturated carbocycles. The number of nitrogens with zero attached hydrogens (tertiary/aromatic N) is 2. The predicted octanol–water partition coefficient (Wildman–Crippen LogP) is 2.51. The smallest absolute Gasteiger partial charge is 0.251 e. The number of nitrogens with one attached hydrogen (secondary N) is 2. The zero-order valence-electron chi connectivity index (χ0n) is 16.7. The number of piperidine rings is 1. The van der Waals surface area contributed by atoms with E-state index in [9.17, 15) is 9.59 Å². The molecule has 0 bridgehead atoms. The fraction of sp³-hybridized carbons (Fsp3) is 0.450. The van der Waals surface area contributed by atoms with Crippen molar-refractivity contribution in [1.29, 1.82) is 0 Å². The Morgan fingerprint density at radius 1 is 1.17 bits per heavy atom. The molecule has 2 aromatic rings. The van der Waals surface area contributed by atoms with Gasteiger partial charge in [0.2, 0.25) is 5.91 Å². The molecule has 0 aliphatic carbocycles. The lowest BCUT2D eigenvalue weighted by atomic mass is 10.1. The van der Waals surface area contributed by atoms with Gasteiger partial charge in [-0.05, 0) is 38.1 Å². The monoisotopic (exact) mass is 418 g/mol. The number of carbonyl (C=O) groups excluding carboxylic acids is 2. The van der Waals surface area contributed by atoms with Crippen LogP contribution in [0.1, 0.15) is 35.3 Å². The highest BCUT2D eigenvalue weighted by Crippen LogP contribution is 2.36. The van der Waals surface area contributed by atoms with Gasteiger partial charge in [0.15, 0.2) is 11.5 Å². The summed E-state index contributed by atoms with van der Waals surface area (Å²) in [4.78, 5) is 31.4. The van der Waals surface area contributed by atoms with Crippen molar-refractivity contribution < 1.29 is 19.1 Å². The first-order chi connectivity index (χ1) is 14.1. The molecule has 8 nitrogen and oxygen atoms in total. The maximum Gasteiger partial charge on any atom is 0.251 e. The van der Waals surface area contributed by atoms with E-state index in [1.807, 2.05) is 5.38 Å². The largest absolute Gasteiger partial charge is 0.493 e. The fourth-order valence-electron chi connectivity index (χ4n) is 3.30. The number of amides is 2. The molecule has 3 rings (SSSR count). The second kappa shape index (κ2) is 10.2. The highest BCUT2D eigenvalue weighted by Gasteiger charge is 2.20. The molecule has 0 spiro atoms.